The molecular formula is C31H32N2O5. The lowest BCUT2D eigenvalue weighted by Crippen LogP contribution is -2.35. The molecule has 1 amide bonds. The summed E-state index contributed by atoms with van der Waals surface area (Å²) in [4.78, 5) is 31.2. The summed E-state index contributed by atoms with van der Waals surface area (Å²) in [7, 11) is 5.49. The Morgan fingerprint density at radius 2 is 1.74 bits per heavy atom. The topological polar surface area (TPSA) is 72.2 Å². The minimum Gasteiger partial charge on any atom is -0.493 e. The fraction of sp³-hybridized carbons (Fsp3) is 0.290. The number of rotatable bonds is 9. The van der Waals surface area contributed by atoms with Crippen molar-refractivity contribution in [2.45, 2.75) is 26.0 Å². The van der Waals surface area contributed by atoms with Gasteiger partial charge in [-0.1, -0.05) is 49.4 Å². The number of fused-ring (bicyclic) bond motifs is 2. The standard InChI is InChI=1S/C31H32N2O5/c1-5-20-11-13-24-23(17-20)29(34)27-28(33(16-15-32(2)3)31(35)30(27)38-24)22-12-14-25(26(18-22)36-4)37-19-21-9-7-6-8-10-21/h6-14,17-18,28H,5,15-16,19H2,1-4H3. The number of hydrogen-bond acceptors (Lipinski definition) is 6. The normalized spacial score (nSPS) is 14.8. The maximum Gasteiger partial charge on any atom is 0.290 e. The fourth-order valence-corrected chi connectivity index (χ4v) is 4.88. The molecule has 3 aromatic carbocycles. The van der Waals surface area contributed by atoms with Crippen molar-refractivity contribution < 1.29 is 18.7 Å². The van der Waals surface area contributed by atoms with Gasteiger partial charge in [0.05, 0.1) is 24.1 Å². The number of likely N-dealkylation sites (N-methyl/N-ethyl adjacent to an activating group) is 1. The number of carbonyl (C=O) groups excluding carboxylic acids is 1. The van der Waals surface area contributed by atoms with Crippen LogP contribution in [0.3, 0.4) is 0 Å². The molecule has 38 heavy (non-hydrogen) atoms. The summed E-state index contributed by atoms with van der Waals surface area (Å²) in [6.45, 7) is 3.51. The Labute approximate surface area is 222 Å². The highest BCUT2D eigenvalue weighted by Gasteiger charge is 2.42. The van der Waals surface area contributed by atoms with Gasteiger partial charge in [-0.15, -0.1) is 0 Å². The smallest absolute Gasteiger partial charge is 0.290 e. The Hall–Kier alpha value is -4.10. The van der Waals surface area contributed by atoms with Gasteiger partial charge in [0.25, 0.3) is 5.91 Å². The van der Waals surface area contributed by atoms with Crippen molar-refractivity contribution in [3.63, 3.8) is 0 Å². The molecule has 196 valence electrons. The molecule has 7 heteroatoms. The van der Waals surface area contributed by atoms with Crippen LogP contribution < -0.4 is 14.9 Å². The van der Waals surface area contributed by atoms with Crippen molar-refractivity contribution in [3.05, 3.63) is 105 Å². The van der Waals surface area contributed by atoms with E-state index in [2.05, 4.69) is 0 Å². The van der Waals surface area contributed by atoms with Crippen molar-refractivity contribution in [2.75, 3.05) is 34.3 Å². The van der Waals surface area contributed by atoms with Gasteiger partial charge >= 0.3 is 0 Å². The molecular weight excluding hydrogens is 480 g/mol. The highest BCUT2D eigenvalue weighted by atomic mass is 16.5. The van der Waals surface area contributed by atoms with E-state index in [0.29, 0.717) is 47.7 Å². The Morgan fingerprint density at radius 1 is 0.947 bits per heavy atom. The third-order valence-electron chi connectivity index (χ3n) is 6.97. The fourth-order valence-electron chi connectivity index (χ4n) is 4.88. The van der Waals surface area contributed by atoms with E-state index in [9.17, 15) is 9.59 Å². The monoisotopic (exact) mass is 512 g/mol. The Kier molecular flexibility index (Phi) is 7.20. The average molecular weight is 513 g/mol. The van der Waals surface area contributed by atoms with Crippen molar-refractivity contribution >= 4 is 16.9 Å². The molecule has 0 saturated carbocycles. The van der Waals surface area contributed by atoms with Crippen molar-refractivity contribution in [1.82, 2.24) is 9.80 Å². The Bertz CT molecular complexity index is 1530. The zero-order valence-electron chi connectivity index (χ0n) is 22.2. The largest absolute Gasteiger partial charge is 0.493 e. The second-order valence-electron chi connectivity index (χ2n) is 9.75. The second-order valence-corrected chi connectivity index (χ2v) is 9.75. The van der Waals surface area contributed by atoms with Crippen LogP contribution in [0.1, 0.15) is 45.8 Å². The summed E-state index contributed by atoms with van der Waals surface area (Å²) in [5.41, 5.74) is 3.46. The molecule has 1 aliphatic heterocycles. The molecule has 1 unspecified atom stereocenters. The maximum absolute atomic E-state index is 13.9. The quantitative estimate of drug-likeness (QED) is 0.313. The second kappa shape index (κ2) is 10.7. The minimum absolute atomic E-state index is 0.110. The van der Waals surface area contributed by atoms with Crippen LogP contribution in [0.5, 0.6) is 11.5 Å². The first kappa shape index (κ1) is 25.5. The lowest BCUT2D eigenvalue weighted by molar-refractivity contribution is 0.0716. The summed E-state index contributed by atoms with van der Waals surface area (Å²) in [5, 5.41) is 0.491. The van der Waals surface area contributed by atoms with Crippen LogP contribution in [0.15, 0.2) is 75.9 Å². The van der Waals surface area contributed by atoms with E-state index in [-0.39, 0.29) is 17.1 Å². The molecule has 1 atom stereocenters. The van der Waals surface area contributed by atoms with Gasteiger partial charge in [-0.25, -0.2) is 0 Å². The Balaban J connectivity index is 1.59. The van der Waals surface area contributed by atoms with Crippen LogP contribution in [-0.4, -0.2) is 50.0 Å². The molecule has 0 saturated heterocycles. The highest BCUT2D eigenvalue weighted by molar-refractivity contribution is 5.99. The number of hydrogen-bond donors (Lipinski definition) is 0. The molecule has 0 N–H and O–H groups in total. The van der Waals surface area contributed by atoms with Crippen LogP contribution in [0.2, 0.25) is 0 Å². The van der Waals surface area contributed by atoms with Gasteiger partial charge in [-0.2, -0.15) is 0 Å². The number of benzene rings is 3. The van der Waals surface area contributed by atoms with Gasteiger partial charge in [0.2, 0.25) is 5.76 Å². The third-order valence-corrected chi connectivity index (χ3v) is 6.97. The number of methoxy groups -OCH3 is 1. The molecule has 7 nitrogen and oxygen atoms in total. The predicted molar refractivity (Wildman–Crippen MR) is 147 cm³/mol. The van der Waals surface area contributed by atoms with Gasteiger partial charge in [0, 0.05) is 13.1 Å². The SMILES string of the molecule is CCc1ccc2oc3c(c(=O)c2c1)C(c1ccc(OCc2ccccc2)c(OC)c1)N(CCN(C)C)C3=O. The lowest BCUT2D eigenvalue weighted by atomic mass is 9.97. The van der Waals surface area contributed by atoms with Gasteiger partial charge in [-0.05, 0) is 61.5 Å². The minimum atomic E-state index is -0.597. The van der Waals surface area contributed by atoms with Crippen molar-refractivity contribution in [2.24, 2.45) is 0 Å². The van der Waals surface area contributed by atoms with E-state index in [1.54, 1.807) is 18.1 Å². The van der Waals surface area contributed by atoms with Gasteiger partial charge in [-0.3, -0.25) is 9.59 Å². The van der Waals surface area contributed by atoms with E-state index in [1.165, 1.54) is 0 Å². The van der Waals surface area contributed by atoms with E-state index in [0.717, 1.165) is 23.1 Å². The first-order valence-electron chi connectivity index (χ1n) is 12.8. The Morgan fingerprint density at radius 3 is 2.45 bits per heavy atom. The van der Waals surface area contributed by atoms with Crippen LogP contribution in [0, 0.1) is 0 Å². The molecule has 2 heterocycles. The summed E-state index contributed by atoms with van der Waals surface area (Å²) < 4.78 is 17.8. The first-order chi connectivity index (χ1) is 18.4. The first-order valence-corrected chi connectivity index (χ1v) is 12.8. The van der Waals surface area contributed by atoms with Crippen LogP contribution in [-0.2, 0) is 13.0 Å². The van der Waals surface area contributed by atoms with Gasteiger partial charge in [0.15, 0.2) is 16.9 Å². The molecule has 4 aromatic rings. The summed E-state index contributed by atoms with van der Waals surface area (Å²) in [6.07, 6.45) is 0.797. The van der Waals surface area contributed by atoms with Gasteiger partial charge in [0.1, 0.15) is 12.2 Å². The highest BCUT2D eigenvalue weighted by Crippen LogP contribution is 2.41. The lowest BCUT2D eigenvalue weighted by Gasteiger charge is -2.27. The number of amides is 1. The van der Waals surface area contributed by atoms with Crippen molar-refractivity contribution in [1.29, 1.82) is 0 Å². The number of ether oxygens (including phenoxy) is 2. The molecule has 0 aliphatic carbocycles. The summed E-state index contributed by atoms with van der Waals surface area (Å²) in [5.74, 6) is 0.945. The molecule has 0 spiro atoms. The van der Waals surface area contributed by atoms with E-state index in [1.807, 2.05) is 86.6 Å². The zero-order chi connectivity index (χ0) is 26.8. The summed E-state index contributed by atoms with van der Waals surface area (Å²) in [6, 6.07) is 20.4. The molecule has 0 radical (unpaired) electrons. The molecule has 0 fully saturated rings. The van der Waals surface area contributed by atoms with Gasteiger partial charge < -0.3 is 23.7 Å². The van der Waals surface area contributed by atoms with E-state index in [4.69, 9.17) is 13.9 Å². The predicted octanol–water partition coefficient (Wildman–Crippen LogP) is 5.05. The molecule has 1 aromatic heterocycles. The maximum atomic E-state index is 13.9. The third kappa shape index (κ3) is 4.77. The molecule has 1 aliphatic rings. The van der Waals surface area contributed by atoms with E-state index >= 15 is 0 Å². The summed E-state index contributed by atoms with van der Waals surface area (Å²) >= 11 is 0. The molecule has 5 rings (SSSR count). The van der Waals surface area contributed by atoms with E-state index < -0.39 is 6.04 Å². The number of nitrogens with zero attached hydrogens (tertiary/aromatic N) is 2. The number of carbonyl (C=O) groups is 1. The zero-order valence-corrected chi connectivity index (χ0v) is 22.2. The van der Waals surface area contributed by atoms with Crippen LogP contribution >= 0.6 is 0 Å². The van der Waals surface area contributed by atoms with Crippen LogP contribution in [0.25, 0.3) is 11.0 Å². The average Bonchev–Trinajstić information content (AvgIpc) is 3.22. The number of aryl methyl sites for hydroxylation is 1. The molecule has 0 bridgehead atoms. The van der Waals surface area contributed by atoms with Crippen molar-refractivity contribution in [3.8, 4) is 11.5 Å². The van der Waals surface area contributed by atoms with Crippen LogP contribution in [0.4, 0.5) is 0 Å².